The number of amides is 3. The molecule has 1 N–H and O–H groups in total. The number of esters is 1. The minimum Gasteiger partial charge on any atom is -0.449 e. The van der Waals surface area contributed by atoms with Crippen molar-refractivity contribution in [2.75, 3.05) is 10.2 Å². The van der Waals surface area contributed by atoms with Gasteiger partial charge in [-0.1, -0.05) is 30.3 Å². The fourth-order valence-electron chi connectivity index (χ4n) is 3.76. The quantitative estimate of drug-likeness (QED) is 0.397. The van der Waals surface area contributed by atoms with Gasteiger partial charge in [-0.25, -0.2) is 9.69 Å². The summed E-state index contributed by atoms with van der Waals surface area (Å²) >= 11 is 0. The Kier molecular flexibility index (Phi) is 6.36. The van der Waals surface area contributed by atoms with Crippen molar-refractivity contribution < 1.29 is 37.1 Å². The molecule has 1 unspecified atom stereocenters. The van der Waals surface area contributed by atoms with E-state index in [-0.39, 0.29) is 16.7 Å². The number of imide groups is 1. The molecular weight excluding hydrogens is 477 g/mol. The van der Waals surface area contributed by atoms with Crippen molar-refractivity contribution in [2.45, 2.75) is 26.1 Å². The standard InChI is InChI=1S/C26H19F3N2O5/c1-14-7-3-6-10-21(14)31-23(33)17-12-11-16(13-18(17)24(31)34)25(35)36-15(2)22(32)30-20-9-5-4-8-19(20)26(27,28)29/h3-13,15H,1-2H3,(H,30,32). The lowest BCUT2D eigenvalue weighted by atomic mass is 10.1. The summed E-state index contributed by atoms with van der Waals surface area (Å²) in [5.41, 5.74) is -0.399. The first-order valence-corrected chi connectivity index (χ1v) is 10.8. The first-order valence-electron chi connectivity index (χ1n) is 10.8. The molecule has 1 aliphatic rings. The lowest BCUT2D eigenvalue weighted by Crippen LogP contribution is -2.31. The summed E-state index contributed by atoms with van der Waals surface area (Å²) in [7, 11) is 0. The summed E-state index contributed by atoms with van der Waals surface area (Å²) in [5, 5.41) is 2.12. The number of fused-ring (bicyclic) bond motifs is 1. The fourth-order valence-corrected chi connectivity index (χ4v) is 3.76. The molecule has 4 rings (SSSR count). The number of hydrogen-bond donors (Lipinski definition) is 1. The number of para-hydroxylation sites is 2. The van der Waals surface area contributed by atoms with Crippen LogP contribution in [0.2, 0.25) is 0 Å². The molecular formula is C26H19F3N2O5. The molecule has 7 nitrogen and oxygen atoms in total. The summed E-state index contributed by atoms with van der Waals surface area (Å²) in [6.07, 6.45) is -6.14. The molecule has 0 aromatic heterocycles. The van der Waals surface area contributed by atoms with Crippen LogP contribution in [0, 0.1) is 6.92 Å². The Hall–Kier alpha value is -4.47. The Labute approximate surface area is 203 Å². The van der Waals surface area contributed by atoms with E-state index in [0.29, 0.717) is 11.3 Å². The molecule has 0 fully saturated rings. The number of nitrogens with zero attached hydrogens (tertiary/aromatic N) is 1. The van der Waals surface area contributed by atoms with Crippen molar-refractivity contribution in [3.8, 4) is 0 Å². The number of aryl methyl sites for hydroxylation is 1. The van der Waals surface area contributed by atoms with Crippen LogP contribution in [-0.2, 0) is 15.7 Å². The zero-order valence-corrected chi connectivity index (χ0v) is 19.1. The van der Waals surface area contributed by atoms with Gasteiger partial charge in [0.15, 0.2) is 6.10 Å². The second-order valence-electron chi connectivity index (χ2n) is 8.07. The van der Waals surface area contributed by atoms with Crippen molar-refractivity contribution in [1.82, 2.24) is 0 Å². The number of hydrogen-bond acceptors (Lipinski definition) is 5. The third kappa shape index (κ3) is 4.57. The number of rotatable bonds is 5. The van der Waals surface area contributed by atoms with Gasteiger partial charge in [0, 0.05) is 0 Å². The highest BCUT2D eigenvalue weighted by Gasteiger charge is 2.38. The van der Waals surface area contributed by atoms with Gasteiger partial charge in [0.25, 0.3) is 17.7 Å². The number of nitrogens with one attached hydrogen (secondary N) is 1. The molecule has 3 aromatic rings. The molecule has 1 aliphatic heterocycles. The Balaban J connectivity index is 1.50. The van der Waals surface area contributed by atoms with Crippen LogP contribution in [0.4, 0.5) is 24.5 Å². The zero-order valence-electron chi connectivity index (χ0n) is 19.1. The van der Waals surface area contributed by atoms with Gasteiger partial charge >= 0.3 is 12.1 Å². The lowest BCUT2D eigenvalue weighted by molar-refractivity contribution is -0.137. The maximum atomic E-state index is 13.2. The van der Waals surface area contributed by atoms with E-state index >= 15 is 0 Å². The number of benzene rings is 3. The van der Waals surface area contributed by atoms with Crippen LogP contribution in [0.1, 0.15) is 49.1 Å². The van der Waals surface area contributed by atoms with Crippen LogP contribution >= 0.6 is 0 Å². The van der Waals surface area contributed by atoms with Crippen LogP contribution < -0.4 is 10.2 Å². The molecule has 36 heavy (non-hydrogen) atoms. The highest BCUT2D eigenvalue weighted by atomic mass is 19.4. The number of carbonyl (C=O) groups excluding carboxylic acids is 4. The van der Waals surface area contributed by atoms with Crippen LogP contribution in [0.25, 0.3) is 0 Å². The molecule has 0 radical (unpaired) electrons. The third-order valence-corrected chi connectivity index (χ3v) is 5.62. The normalized spacial score (nSPS) is 13.9. The van der Waals surface area contributed by atoms with Crippen molar-refractivity contribution in [1.29, 1.82) is 0 Å². The van der Waals surface area contributed by atoms with Crippen molar-refractivity contribution in [3.63, 3.8) is 0 Å². The van der Waals surface area contributed by atoms with Crippen LogP contribution in [0.3, 0.4) is 0 Å². The van der Waals surface area contributed by atoms with Gasteiger partial charge in [0.1, 0.15) is 0 Å². The van der Waals surface area contributed by atoms with Gasteiger partial charge in [-0.05, 0) is 55.8 Å². The molecule has 10 heteroatoms. The van der Waals surface area contributed by atoms with E-state index in [1.54, 1.807) is 31.2 Å². The molecule has 1 atom stereocenters. The number of anilines is 2. The van der Waals surface area contributed by atoms with E-state index in [9.17, 15) is 32.3 Å². The summed E-state index contributed by atoms with van der Waals surface area (Å²) in [4.78, 5) is 51.9. The first kappa shape index (κ1) is 24.6. The maximum absolute atomic E-state index is 13.2. The minimum atomic E-state index is -4.69. The summed E-state index contributed by atoms with van der Waals surface area (Å²) in [6.45, 7) is 2.95. The fraction of sp³-hybridized carbons (Fsp3) is 0.154. The monoisotopic (exact) mass is 496 g/mol. The molecule has 0 saturated heterocycles. The molecule has 3 amide bonds. The highest BCUT2D eigenvalue weighted by Crippen LogP contribution is 2.35. The second-order valence-corrected chi connectivity index (χ2v) is 8.07. The minimum absolute atomic E-state index is 0.00564. The van der Waals surface area contributed by atoms with E-state index in [2.05, 4.69) is 5.32 Å². The van der Waals surface area contributed by atoms with Gasteiger partial charge in [0.2, 0.25) is 0 Å². The largest absolute Gasteiger partial charge is 0.449 e. The van der Waals surface area contributed by atoms with Crippen LogP contribution in [-0.4, -0.2) is 29.8 Å². The van der Waals surface area contributed by atoms with E-state index < -0.39 is 47.2 Å². The third-order valence-electron chi connectivity index (χ3n) is 5.62. The van der Waals surface area contributed by atoms with Gasteiger partial charge in [-0.3, -0.25) is 14.4 Å². The Morgan fingerprint density at radius 1 is 0.917 bits per heavy atom. The van der Waals surface area contributed by atoms with E-state index in [4.69, 9.17) is 4.74 Å². The van der Waals surface area contributed by atoms with E-state index in [1.807, 2.05) is 0 Å². The Morgan fingerprint density at radius 3 is 2.25 bits per heavy atom. The number of ether oxygens (including phenoxy) is 1. The van der Waals surface area contributed by atoms with Crippen molar-refractivity contribution in [2.24, 2.45) is 0 Å². The Bertz CT molecular complexity index is 1400. The van der Waals surface area contributed by atoms with E-state index in [0.717, 1.165) is 17.0 Å². The van der Waals surface area contributed by atoms with Crippen molar-refractivity contribution in [3.05, 3.63) is 94.5 Å². The Morgan fingerprint density at radius 2 is 1.56 bits per heavy atom. The second kappa shape index (κ2) is 9.29. The molecule has 1 heterocycles. The van der Waals surface area contributed by atoms with Crippen molar-refractivity contribution >= 4 is 35.1 Å². The van der Waals surface area contributed by atoms with Gasteiger partial charge in [-0.2, -0.15) is 13.2 Å². The molecule has 0 bridgehead atoms. The SMILES string of the molecule is Cc1ccccc1N1C(=O)c2ccc(C(=O)OC(C)C(=O)Nc3ccccc3C(F)(F)F)cc2C1=O. The van der Waals surface area contributed by atoms with Crippen LogP contribution in [0.5, 0.6) is 0 Å². The lowest BCUT2D eigenvalue weighted by Gasteiger charge is -2.17. The van der Waals surface area contributed by atoms with Gasteiger partial charge < -0.3 is 10.1 Å². The predicted molar refractivity (Wildman–Crippen MR) is 124 cm³/mol. The van der Waals surface area contributed by atoms with E-state index in [1.165, 1.54) is 37.3 Å². The first-order chi connectivity index (χ1) is 17.0. The van der Waals surface area contributed by atoms with Crippen LogP contribution in [0.15, 0.2) is 66.7 Å². The van der Waals surface area contributed by atoms with Gasteiger partial charge in [0.05, 0.1) is 33.6 Å². The maximum Gasteiger partial charge on any atom is 0.418 e. The number of halogens is 3. The molecule has 0 spiro atoms. The predicted octanol–water partition coefficient (Wildman–Crippen LogP) is 5.00. The average molecular weight is 496 g/mol. The smallest absolute Gasteiger partial charge is 0.418 e. The van der Waals surface area contributed by atoms with Gasteiger partial charge in [-0.15, -0.1) is 0 Å². The highest BCUT2D eigenvalue weighted by molar-refractivity contribution is 6.35. The molecule has 0 aliphatic carbocycles. The summed E-state index contributed by atoms with van der Waals surface area (Å²) in [5.74, 6) is -3.12. The molecule has 0 saturated carbocycles. The topological polar surface area (TPSA) is 92.8 Å². The summed E-state index contributed by atoms with van der Waals surface area (Å²) < 4.78 is 44.6. The number of carbonyl (C=O) groups is 4. The summed E-state index contributed by atoms with van der Waals surface area (Å²) in [6, 6.07) is 15.0. The zero-order chi connectivity index (χ0) is 26.2. The average Bonchev–Trinajstić information content (AvgIpc) is 3.08. The molecule has 184 valence electrons. The number of alkyl halides is 3. The molecule has 3 aromatic carbocycles.